The van der Waals surface area contributed by atoms with Gasteiger partial charge in [0, 0.05) is 37.2 Å². The summed E-state index contributed by atoms with van der Waals surface area (Å²) in [6.07, 6.45) is 2.87. The molecule has 5 rings (SSSR count). The predicted molar refractivity (Wildman–Crippen MR) is 155 cm³/mol. The zero-order valence-corrected chi connectivity index (χ0v) is 23.8. The summed E-state index contributed by atoms with van der Waals surface area (Å²) >= 11 is -1.42. The first-order valence-electron chi connectivity index (χ1n) is 12.9. The van der Waals surface area contributed by atoms with Gasteiger partial charge in [0.05, 0.1) is 28.4 Å². The van der Waals surface area contributed by atoms with E-state index in [2.05, 4.69) is 10.0 Å². The van der Waals surface area contributed by atoms with Gasteiger partial charge in [0.25, 0.3) is 5.91 Å². The van der Waals surface area contributed by atoms with Gasteiger partial charge in [0.1, 0.15) is 23.4 Å². The minimum Gasteiger partial charge on any atom is -0.593 e. The lowest BCUT2D eigenvalue weighted by Gasteiger charge is -2.33. The number of nitrogens with one attached hydrogen (secondary N) is 2. The van der Waals surface area contributed by atoms with Crippen LogP contribution in [0.4, 0.5) is 10.1 Å². The summed E-state index contributed by atoms with van der Waals surface area (Å²) in [5, 5.41) is 3.18. The summed E-state index contributed by atoms with van der Waals surface area (Å²) in [4.78, 5) is 13.1. The van der Waals surface area contributed by atoms with Crippen molar-refractivity contribution in [3.05, 3.63) is 89.2 Å². The molecule has 2 N–H and O–H groups in total. The van der Waals surface area contributed by atoms with Crippen molar-refractivity contribution in [2.75, 3.05) is 31.1 Å². The number of amides is 1. The smallest absolute Gasteiger partial charge is 0.255 e. The summed E-state index contributed by atoms with van der Waals surface area (Å²) < 4.78 is 63.2. The molecule has 0 radical (unpaired) electrons. The Kier molecular flexibility index (Phi) is 8.18. The number of halogens is 1. The van der Waals surface area contributed by atoms with Crippen LogP contribution in [0.15, 0.2) is 71.1 Å². The van der Waals surface area contributed by atoms with Crippen molar-refractivity contribution in [1.29, 1.82) is 0 Å². The maximum absolute atomic E-state index is 13.6. The summed E-state index contributed by atoms with van der Waals surface area (Å²) in [5.74, 6) is -0.806. The Morgan fingerprint density at radius 1 is 1.15 bits per heavy atom. The van der Waals surface area contributed by atoms with Gasteiger partial charge < -0.3 is 14.3 Å². The lowest BCUT2D eigenvalue weighted by atomic mass is 9.89. The van der Waals surface area contributed by atoms with E-state index in [-0.39, 0.29) is 29.9 Å². The van der Waals surface area contributed by atoms with Gasteiger partial charge in [0.2, 0.25) is 10.0 Å². The van der Waals surface area contributed by atoms with Crippen molar-refractivity contribution < 1.29 is 26.6 Å². The molecule has 0 spiro atoms. The third-order valence-corrected chi connectivity index (χ3v) is 9.41. The molecule has 1 aliphatic rings. The number of nitrogens with zero attached hydrogens (tertiary/aromatic N) is 1. The quantitative estimate of drug-likeness (QED) is 0.282. The summed E-state index contributed by atoms with van der Waals surface area (Å²) in [5.41, 5.74) is 3.22. The molecule has 8 nitrogen and oxygen atoms in total. The Morgan fingerprint density at radius 2 is 1.88 bits per heavy atom. The van der Waals surface area contributed by atoms with Gasteiger partial charge in [-0.2, -0.15) is 0 Å². The molecule has 1 unspecified atom stereocenters. The molecule has 40 heavy (non-hydrogen) atoms. The number of carbonyl (C=O) groups is 1. The van der Waals surface area contributed by atoms with Gasteiger partial charge in [-0.05, 0) is 60.2 Å². The average molecular weight is 584 g/mol. The number of hydrogen-bond acceptors (Lipinski definition) is 6. The van der Waals surface area contributed by atoms with Crippen LogP contribution in [0.25, 0.3) is 22.3 Å². The van der Waals surface area contributed by atoms with Crippen molar-refractivity contribution >= 4 is 43.9 Å². The fourth-order valence-corrected chi connectivity index (χ4v) is 7.32. The maximum atomic E-state index is 13.6. The second kappa shape index (κ2) is 11.6. The van der Waals surface area contributed by atoms with Gasteiger partial charge >= 0.3 is 0 Å². The highest BCUT2D eigenvalue weighted by Crippen LogP contribution is 2.41. The van der Waals surface area contributed by atoms with E-state index in [1.807, 2.05) is 24.3 Å². The summed E-state index contributed by atoms with van der Waals surface area (Å²) in [7, 11) is -2.06. The molecular weight excluding hydrogens is 553 g/mol. The number of carbonyl (C=O) groups excluding carboxylic acids is 1. The monoisotopic (exact) mass is 583 g/mol. The number of furan rings is 1. The highest BCUT2D eigenvalue weighted by atomic mass is 32.2. The molecule has 0 bridgehead atoms. The van der Waals surface area contributed by atoms with Gasteiger partial charge in [0.15, 0.2) is 0 Å². The minimum absolute atomic E-state index is 0.0900. The molecule has 2 heterocycles. The number of anilines is 1. The van der Waals surface area contributed by atoms with Crippen LogP contribution in [0.2, 0.25) is 0 Å². The number of fused-ring (bicyclic) bond motifs is 1. The molecule has 11 heteroatoms. The Labute approximate surface area is 235 Å². The molecule has 0 saturated carbocycles. The topological polar surface area (TPSA) is 115 Å². The molecule has 0 aliphatic carbocycles. The van der Waals surface area contributed by atoms with Crippen molar-refractivity contribution in [3.63, 3.8) is 0 Å². The zero-order chi connectivity index (χ0) is 28.4. The molecular formula is C29H30FN3O5S2. The predicted octanol–water partition coefficient (Wildman–Crippen LogP) is 5.01. The molecule has 1 saturated heterocycles. The highest BCUT2D eigenvalue weighted by molar-refractivity contribution is 7.92. The van der Waals surface area contributed by atoms with Crippen LogP contribution in [0.5, 0.6) is 0 Å². The van der Waals surface area contributed by atoms with Crippen LogP contribution >= 0.6 is 0 Å². The zero-order valence-electron chi connectivity index (χ0n) is 22.1. The normalized spacial score (nSPS) is 17.1. The number of sulfonamides is 1. The second-order valence-electron chi connectivity index (χ2n) is 9.82. The SMILES string of the molecule is CNC(=O)c1c(-c2ccc(F)cc2)oc2cc(N[S+](C)[O-])c([C@H]3CCCN(S(=O)(=O)Cc4ccccc4)C3)cc12. The number of hydrogen-bond donors (Lipinski definition) is 2. The third kappa shape index (κ3) is 5.87. The van der Waals surface area contributed by atoms with Crippen LogP contribution in [0.3, 0.4) is 0 Å². The van der Waals surface area contributed by atoms with E-state index in [0.29, 0.717) is 47.2 Å². The van der Waals surface area contributed by atoms with Crippen molar-refractivity contribution in [2.45, 2.75) is 24.5 Å². The molecule has 1 fully saturated rings. The van der Waals surface area contributed by atoms with Crippen LogP contribution in [-0.2, 0) is 27.1 Å². The summed E-state index contributed by atoms with van der Waals surface area (Å²) in [6.45, 7) is 0.671. The van der Waals surface area contributed by atoms with Gasteiger partial charge in [-0.1, -0.05) is 30.3 Å². The first-order chi connectivity index (χ1) is 19.2. The fraction of sp³-hybridized carbons (Fsp3) is 0.276. The third-order valence-electron chi connectivity index (χ3n) is 7.08. The van der Waals surface area contributed by atoms with Crippen LogP contribution in [-0.4, -0.2) is 49.6 Å². The van der Waals surface area contributed by atoms with Crippen LogP contribution < -0.4 is 10.0 Å². The number of piperidine rings is 1. The van der Waals surface area contributed by atoms with E-state index in [0.717, 1.165) is 11.1 Å². The fourth-order valence-electron chi connectivity index (χ4n) is 5.22. The van der Waals surface area contributed by atoms with Gasteiger partial charge in [-0.15, -0.1) is 0 Å². The molecule has 2 atom stereocenters. The first-order valence-corrected chi connectivity index (χ1v) is 16.0. The van der Waals surface area contributed by atoms with Crippen LogP contribution in [0, 0.1) is 5.82 Å². The molecule has 3 aromatic carbocycles. The maximum Gasteiger partial charge on any atom is 0.255 e. The number of rotatable bonds is 8. The van der Waals surface area contributed by atoms with E-state index in [1.165, 1.54) is 41.9 Å². The highest BCUT2D eigenvalue weighted by Gasteiger charge is 2.32. The van der Waals surface area contributed by atoms with Crippen molar-refractivity contribution in [1.82, 2.24) is 9.62 Å². The molecule has 1 amide bonds. The van der Waals surface area contributed by atoms with Gasteiger partial charge in [-0.25, -0.2) is 21.8 Å². The van der Waals surface area contributed by atoms with E-state index >= 15 is 0 Å². The Morgan fingerprint density at radius 3 is 2.55 bits per heavy atom. The summed E-state index contributed by atoms with van der Waals surface area (Å²) in [6, 6.07) is 18.3. The molecule has 1 aromatic heterocycles. The van der Waals surface area contributed by atoms with Crippen molar-refractivity contribution in [2.24, 2.45) is 0 Å². The Balaban J connectivity index is 1.58. The molecule has 1 aliphatic heterocycles. The Bertz CT molecular complexity index is 1620. The van der Waals surface area contributed by atoms with Crippen LogP contribution in [0.1, 0.15) is 40.2 Å². The van der Waals surface area contributed by atoms with Gasteiger partial charge in [-0.3, -0.25) is 4.79 Å². The number of benzene rings is 3. The van der Waals surface area contributed by atoms with E-state index in [4.69, 9.17) is 4.42 Å². The lowest BCUT2D eigenvalue weighted by Crippen LogP contribution is -2.39. The second-order valence-corrected chi connectivity index (χ2v) is 12.9. The standard InChI is InChI=1S/C29H30FN3O5S2/c1-31-29(34)27-24-15-23(21-9-6-14-33(17-21)40(36,37)18-19-7-4-3-5-8-19)25(32-39(2)35)16-26(24)38-28(27)20-10-12-22(30)13-11-20/h3-5,7-8,10-13,15-16,21,32H,6,9,14,17-18H2,1-2H3,(H,31,34)/t21-,39?/m0/s1. The first kappa shape index (κ1) is 28.2. The molecule has 210 valence electrons. The molecule has 4 aromatic rings. The largest absolute Gasteiger partial charge is 0.593 e. The minimum atomic E-state index is -3.58. The van der Waals surface area contributed by atoms with E-state index in [1.54, 1.807) is 18.2 Å². The van der Waals surface area contributed by atoms with E-state index in [9.17, 15) is 22.2 Å². The van der Waals surface area contributed by atoms with E-state index < -0.39 is 27.2 Å². The lowest BCUT2D eigenvalue weighted by molar-refractivity contribution is 0.0964. The average Bonchev–Trinajstić information content (AvgIpc) is 3.31. The van der Waals surface area contributed by atoms with Crippen molar-refractivity contribution in [3.8, 4) is 11.3 Å². The Hall–Kier alpha value is -3.38.